The number of halogens is 1. The molecule has 0 atom stereocenters. The minimum atomic E-state index is 0.728. The zero-order chi connectivity index (χ0) is 19.8. The second kappa shape index (κ2) is 7.41. The van der Waals surface area contributed by atoms with Crippen LogP contribution in [0.5, 0.6) is 0 Å². The van der Waals surface area contributed by atoms with Crippen LogP contribution in [0.25, 0.3) is 16.8 Å². The summed E-state index contributed by atoms with van der Waals surface area (Å²) in [5.41, 5.74) is 5.58. The quantitative estimate of drug-likeness (QED) is 0.497. The van der Waals surface area contributed by atoms with Crippen molar-refractivity contribution in [3.8, 4) is 11.3 Å². The maximum atomic E-state index is 6.02. The van der Waals surface area contributed by atoms with Crippen LogP contribution in [-0.2, 0) is 0 Å². The molecule has 1 saturated heterocycles. The van der Waals surface area contributed by atoms with Crippen LogP contribution in [0, 0.1) is 6.92 Å². The van der Waals surface area contributed by atoms with E-state index in [-0.39, 0.29) is 0 Å². The fourth-order valence-corrected chi connectivity index (χ4v) is 3.97. The number of rotatable bonds is 3. The standard InChI is InChI=1S/C23H22ClN5/c1-17-2-8-20(9-3-17)27-12-14-28(15-13-27)23-22-16-21(26-29(22)11-10-25-23)18-4-6-19(24)7-5-18/h2-11,16H,12-15H2,1H3. The first-order chi connectivity index (χ1) is 14.2. The van der Waals surface area contributed by atoms with Crippen molar-refractivity contribution in [1.29, 1.82) is 0 Å². The molecule has 1 aliphatic rings. The van der Waals surface area contributed by atoms with Crippen LogP contribution in [-0.4, -0.2) is 40.8 Å². The number of aryl methyl sites for hydroxylation is 1. The Labute approximate surface area is 175 Å². The zero-order valence-corrected chi connectivity index (χ0v) is 17.0. The van der Waals surface area contributed by atoms with E-state index in [1.807, 2.05) is 41.2 Å². The Morgan fingerprint density at radius 2 is 1.55 bits per heavy atom. The van der Waals surface area contributed by atoms with Crippen LogP contribution in [0.1, 0.15) is 5.56 Å². The molecule has 5 nitrogen and oxygen atoms in total. The molecule has 0 unspecified atom stereocenters. The summed E-state index contributed by atoms with van der Waals surface area (Å²) in [7, 11) is 0. The van der Waals surface area contributed by atoms with E-state index in [0.717, 1.165) is 53.8 Å². The largest absolute Gasteiger partial charge is 0.368 e. The molecule has 0 bridgehead atoms. The predicted octanol–water partition coefficient (Wildman–Crippen LogP) is 4.68. The number of fused-ring (bicyclic) bond motifs is 1. The van der Waals surface area contributed by atoms with Crippen LogP contribution < -0.4 is 9.80 Å². The van der Waals surface area contributed by atoms with Gasteiger partial charge >= 0.3 is 0 Å². The maximum Gasteiger partial charge on any atom is 0.154 e. The highest BCUT2D eigenvalue weighted by Crippen LogP contribution is 2.27. The van der Waals surface area contributed by atoms with Gasteiger partial charge in [0.2, 0.25) is 0 Å². The van der Waals surface area contributed by atoms with Gasteiger partial charge in [0, 0.05) is 54.8 Å². The van der Waals surface area contributed by atoms with E-state index in [2.05, 4.69) is 52.0 Å². The molecular weight excluding hydrogens is 382 g/mol. The van der Waals surface area contributed by atoms with Gasteiger partial charge in [0.25, 0.3) is 0 Å². The van der Waals surface area contributed by atoms with Gasteiger partial charge in [0.15, 0.2) is 5.82 Å². The van der Waals surface area contributed by atoms with E-state index in [4.69, 9.17) is 16.7 Å². The van der Waals surface area contributed by atoms with Gasteiger partial charge < -0.3 is 9.80 Å². The van der Waals surface area contributed by atoms with Crippen molar-refractivity contribution in [1.82, 2.24) is 14.6 Å². The summed E-state index contributed by atoms with van der Waals surface area (Å²) in [5, 5.41) is 5.46. The molecule has 0 saturated carbocycles. The number of piperazine rings is 1. The molecule has 1 fully saturated rings. The molecule has 0 radical (unpaired) electrons. The Bertz CT molecular complexity index is 1130. The van der Waals surface area contributed by atoms with Crippen LogP contribution in [0.4, 0.5) is 11.5 Å². The normalized spacial score (nSPS) is 14.6. The summed E-state index contributed by atoms with van der Waals surface area (Å²) in [6.45, 7) is 5.94. The van der Waals surface area contributed by atoms with Gasteiger partial charge in [0.1, 0.15) is 5.52 Å². The van der Waals surface area contributed by atoms with Crippen molar-refractivity contribution in [3.05, 3.63) is 77.6 Å². The van der Waals surface area contributed by atoms with Crippen molar-refractivity contribution < 1.29 is 0 Å². The molecule has 4 aromatic rings. The monoisotopic (exact) mass is 403 g/mol. The lowest BCUT2D eigenvalue weighted by atomic mass is 10.1. The van der Waals surface area contributed by atoms with E-state index in [0.29, 0.717) is 0 Å². The highest BCUT2D eigenvalue weighted by atomic mass is 35.5. The van der Waals surface area contributed by atoms with Gasteiger partial charge in [-0.15, -0.1) is 0 Å². The van der Waals surface area contributed by atoms with Gasteiger partial charge in [-0.05, 0) is 37.3 Å². The second-order valence-corrected chi connectivity index (χ2v) is 7.86. The summed E-state index contributed by atoms with van der Waals surface area (Å²) in [5.74, 6) is 0.990. The third-order valence-electron chi connectivity index (χ3n) is 5.49. The second-order valence-electron chi connectivity index (χ2n) is 7.43. The number of hydrogen-bond acceptors (Lipinski definition) is 4. The van der Waals surface area contributed by atoms with Gasteiger partial charge in [-0.3, -0.25) is 0 Å². The Morgan fingerprint density at radius 1 is 0.862 bits per heavy atom. The molecule has 3 heterocycles. The van der Waals surface area contributed by atoms with E-state index in [1.165, 1.54) is 11.3 Å². The van der Waals surface area contributed by atoms with Crippen molar-refractivity contribution in [2.45, 2.75) is 6.92 Å². The van der Waals surface area contributed by atoms with Crippen molar-refractivity contribution in [2.24, 2.45) is 0 Å². The van der Waals surface area contributed by atoms with Gasteiger partial charge in [-0.1, -0.05) is 41.4 Å². The molecule has 29 heavy (non-hydrogen) atoms. The summed E-state index contributed by atoms with van der Waals surface area (Å²) in [6, 6.07) is 18.7. The summed E-state index contributed by atoms with van der Waals surface area (Å²) in [6.07, 6.45) is 3.73. The fraction of sp³-hybridized carbons (Fsp3) is 0.217. The highest BCUT2D eigenvalue weighted by molar-refractivity contribution is 6.30. The lowest BCUT2D eigenvalue weighted by molar-refractivity contribution is 0.647. The van der Waals surface area contributed by atoms with Gasteiger partial charge in [-0.25, -0.2) is 9.50 Å². The molecule has 2 aromatic carbocycles. The average Bonchev–Trinajstić information content (AvgIpc) is 3.19. The third kappa shape index (κ3) is 3.54. The van der Waals surface area contributed by atoms with Crippen LogP contribution >= 0.6 is 11.6 Å². The molecule has 146 valence electrons. The number of hydrogen-bond donors (Lipinski definition) is 0. The lowest BCUT2D eigenvalue weighted by Gasteiger charge is -2.36. The Morgan fingerprint density at radius 3 is 2.28 bits per heavy atom. The first-order valence-corrected chi connectivity index (χ1v) is 10.2. The molecule has 0 N–H and O–H groups in total. The fourth-order valence-electron chi connectivity index (χ4n) is 3.85. The predicted molar refractivity (Wildman–Crippen MR) is 119 cm³/mol. The number of nitrogens with zero attached hydrogens (tertiary/aromatic N) is 5. The molecule has 6 heteroatoms. The van der Waals surface area contributed by atoms with E-state index >= 15 is 0 Å². The first kappa shape index (κ1) is 18.0. The Kier molecular flexibility index (Phi) is 4.60. The van der Waals surface area contributed by atoms with E-state index in [1.54, 1.807) is 0 Å². The molecular formula is C23H22ClN5. The third-order valence-corrected chi connectivity index (χ3v) is 5.74. The summed E-state index contributed by atoms with van der Waals surface area (Å²) < 4.78 is 1.92. The molecule has 0 aliphatic carbocycles. The minimum Gasteiger partial charge on any atom is -0.368 e. The van der Waals surface area contributed by atoms with E-state index < -0.39 is 0 Å². The molecule has 0 spiro atoms. The van der Waals surface area contributed by atoms with Crippen molar-refractivity contribution in [3.63, 3.8) is 0 Å². The Balaban J connectivity index is 1.39. The maximum absolute atomic E-state index is 6.02. The molecule has 0 amide bonds. The minimum absolute atomic E-state index is 0.728. The van der Waals surface area contributed by atoms with E-state index in [9.17, 15) is 0 Å². The highest BCUT2D eigenvalue weighted by Gasteiger charge is 2.21. The van der Waals surface area contributed by atoms with Gasteiger partial charge in [0.05, 0.1) is 5.69 Å². The Hall–Kier alpha value is -3.05. The average molecular weight is 404 g/mol. The number of anilines is 2. The van der Waals surface area contributed by atoms with Gasteiger partial charge in [-0.2, -0.15) is 5.10 Å². The van der Waals surface area contributed by atoms with Crippen LogP contribution in [0.3, 0.4) is 0 Å². The summed E-state index contributed by atoms with van der Waals surface area (Å²) in [4.78, 5) is 9.48. The van der Waals surface area contributed by atoms with Crippen LogP contribution in [0.2, 0.25) is 5.02 Å². The van der Waals surface area contributed by atoms with Crippen molar-refractivity contribution in [2.75, 3.05) is 36.0 Å². The van der Waals surface area contributed by atoms with Crippen molar-refractivity contribution >= 4 is 28.6 Å². The zero-order valence-electron chi connectivity index (χ0n) is 16.3. The lowest BCUT2D eigenvalue weighted by Crippen LogP contribution is -2.47. The topological polar surface area (TPSA) is 36.7 Å². The smallest absolute Gasteiger partial charge is 0.154 e. The molecule has 1 aliphatic heterocycles. The van der Waals surface area contributed by atoms with Crippen LogP contribution in [0.15, 0.2) is 67.0 Å². The number of benzene rings is 2. The number of aromatic nitrogens is 3. The SMILES string of the molecule is Cc1ccc(N2CCN(c3nccn4nc(-c5ccc(Cl)cc5)cc34)CC2)cc1. The molecule has 5 rings (SSSR count). The first-order valence-electron chi connectivity index (χ1n) is 9.84. The summed E-state index contributed by atoms with van der Waals surface area (Å²) >= 11 is 6.02. The molecule has 2 aromatic heterocycles.